The summed E-state index contributed by atoms with van der Waals surface area (Å²) in [5, 5.41) is 11.8. The molecule has 0 bridgehead atoms. The number of carboxylic acids is 1. The van der Waals surface area contributed by atoms with Gasteiger partial charge in [0.05, 0.1) is 0 Å². The Labute approximate surface area is 125 Å². The normalized spacial score (nSPS) is 13.7. The molecule has 0 saturated carbocycles. The van der Waals surface area contributed by atoms with Gasteiger partial charge < -0.3 is 15.2 Å². The van der Waals surface area contributed by atoms with Crippen LogP contribution in [0.5, 0.6) is 0 Å². The lowest BCUT2D eigenvalue weighted by atomic mass is 10.1. The minimum absolute atomic E-state index is 0.421. The standard InChI is InChI=1S/C16H23NO4/c1-11(2)9-10-21-12(3)15(18)17-14(16(19)20)13-7-5-4-6-8-13/h4-8,11-12,14H,9-10H2,1-3H3,(H,17,18)(H,19,20). The fourth-order valence-electron chi connectivity index (χ4n) is 1.75. The maximum absolute atomic E-state index is 12.0. The molecule has 0 saturated heterocycles. The summed E-state index contributed by atoms with van der Waals surface area (Å²) in [7, 11) is 0. The van der Waals surface area contributed by atoms with Crippen LogP contribution >= 0.6 is 0 Å². The van der Waals surface area contributed by atoms with Gasteiger partial charge in [-0.2, -0.15) is 0 Å². The summed E-state index contributed by atoms with van der Waals surface area (Å²) in [6.07, 6.45) is 0.188. The smallest absolute Gasteiger partial charge is 0.330 e. The highest BCUT2D eigenvalue weighted by Gasteiger charge is 2.24. The number of ether oxygens (including phenoxy) is 1. The first-order valence-electron chi connectivity index (χ1n) is 7.11. The lowest BCUT2D eigenvalue weighted by Gasteiger charge is -2.19. The molecule has 116 valence electrons. The minimum Gasteiger partial charge on any atom is -0.479 e. The van der Waals surface area contributed by atoms with Crippen LogP contribution in [0.15, 0.2) is 30.3 Å². The van der Waals surface area contributed by atoms with Gasteiger partial charge in [-0.1, -0.05) is 44.2 Å². The second-order valence-electron chi connectivity index (χ2n) is 5.39. The molecule has 2 unspecified atom stereocenters. The van der Waals surface area contributed by atoms with Gasteiger partial charge in [-0.15, -0.1) is 0 Å². The van der Waals surface area contributed by atoms with Crippen molar-refractivity contribution in [1.29, 1.82) is 0 Å². The molecule has 0 radical (unpaired) electrons. The van der Waals surface area contributed by atoms with E-state index in [2.05, 4.69) is 19.2 Å². The maximum atomic E-state index is 12.0. The van der Waals surface area contributed by atoms with Crippen LogP contribution in [-0.2, 0) is 14.3 Å². The Bertz CT molecular complexity index is 459. The van der Waals surface area contributed by atoms with Gasteiger partial charge in [0.25, 0.3) is 0 Å². The van der Waals surface area contributed by atoms with Gasteiger partial charge in [-0.25, -0.2) is 4.79 Å². The number of rotatable bonds is 8. The lowest BCUT2D eigenvalue weighted by molar-refractivity contribution is -0.144. The molecule has 1 aromatic carbocycles. The number of hydrogen-bond acceptors (Lipinski definition) is 3. The number of carboxylic acid groups (broad SMARTS) is 1. The van der Waals surface area contributed by atoms with E-state index in [9.17, 15) is 14.7 Å². The van der Waals surface area contributed by atoms with E-state index in [0.717, 1.165) is 6.42 Å². The summed E-state index contributed by atoms with van der Waals surface area (Å²) in [5.41, 5.74) is 0.535. The van der Waals surface area contributed by atoms with E-state index >= 15 is 0 Å². The molecular formula is C16H23NO4. The first-order valence-corrected chi connectivity index (χ1v) is 7.11. The van der Waals surface area contributed by atoms with Crippen molar-refractivity contribution in [3.8, 4) is 0 Å². The zero-order chi connectivity index (χ0) is 15.8. The van der Waals surface area contributed by atoms with Gasteiger partial charge >= 0.3 is 5.97 Å². The van der Waals surface area contributed by atoms with Crippen molar-refractivity contribution >= 4 is 11.9 Å². The Morgan fingerprint density at radius 3 is 2.33 bits per heavy atom. The highest BCUT2D eigenvalue weighted by molar-refractivity contribution is 5.86. The molecule has 0 aromatic heterocycles. The molecule has 1 amide bonds. The largest absolute Gasteiger partial charge is 0.479 e. The summed E-state index contributed by atoms with van der Waals surface area (Å²) >= 11 is 0. The highest BCUT2D eigenvalue weighted by atomic mass is 16.5. The molecule has 5 heteroatoms. The molecule has 1 rings (SSSR count). The summed E-state index contributed by atoms with van der Waals surface area (Å²) in [6, 6.07) is 7.55. The highest BCUT2D eigenvalue weighted by Crippen LogP contribution is 2.13. The first kappa shape index (κ1) is 17.2. The first-order chi connectivity index (χ1) is 9.91. The molecular weight excluding hydrogens is 270 g/mol. The van der Waals surface area contributed by atoms with Crippen LogP contribution in [0.3, 0.4) is 0 Å². The topological polar surface area (TPSA) is 75.6 Å². The molecule has 0 heterocycles. The molecule has 0 aliphatic heterocycles. The van der Waals surface area contributed by atoms with E-state index in [1.165, 1.54) is 0 Å². The van der Waals surface area contributed by atoms with Crippen LogP contribution in [0.2, 0.25) is 0 Å². The summed E-state index contributed by atoms with van der Waals surface area (Å²) in [4.78, 5) is 23.3. The predicted molar refractivity (Wildman–Crippen MR) is 79.8 cm³/mol. The van der Waals surface area contributed by atoms with Gasteiger partial charge in [0, 0.05) is 6.61 Å². The number of amides is 1. The molecule has 2 atom stereocenters. The number of hydrogen-bond donors (Lipinski definition) is 2. The van der Waals surface area contributed by atoms with Crippen LogP contribution in [0.1, 0.15) is 38.8 Å². The third kappa shape index (κ3) is 5.95. The fraction of sp³-hybridized carbons (Fsp3) is 0.500. The number of aliphatic carboxylic acids is 1. The Kier molecular flexibility index (Phi) is 6.88. The monoisotopic (exact) mass is 293 g/mol. The van der Waals surface area contributed by atoms with Crippen molar-refractivity contribution in [3.05, 3.63) is 35.9 Å². The van der Waals surface area contributed by atoms with E-state index in [1.807, 2.05) is 0 Å². The van der Waals surface area contributed by atoms with Gasteiger partial charge in [-0.05, 0) is 24.8 Å². The van der Waals surface area contributed by atoms with Gasteiger partial charge in [-0.3, -0.25) is 4.79 Å². The van der Waals surface area contributed by atoms with E-state index < -0.39 is 24.0 Å². The van der Waals surface area contributed by atoms with Gasteiger partial charge in [0.15, 0.2) is 6.04 Å². The van der Waals surface area contributed by atoms with E-state index in [0.29, 0.717) is 18.1 Å². The molecule has 0 aliphatic rings. The molecule has 1 aromatic rings. The van der Waals surface area contributed by atoms with Crippen molar-refractivity contribution in [3.63, 3.8) is 0 Å². The van der Waals surface area contributed by atoms with Crippen LogP contribution in [-0.4, -0.2) is 29.7 Å². The quantitative estimate of drug-likeness (QED) is 0.771. The van der Waals surface area contributed by atoms with Crippen LogP contribution in [0.4, 0.5) is 0 Å². The number of carbonyl (C=O) groups excluding carboxylic acids is 1. The molecule has 21 heavy (non-hydrogen) atoms. The number of nitrogens with one attached hydrogen (secondary N) is 1. The van der Waals surface area contributed by atoms with Crippen molar-refractivity contribution in [2.24, 2.45) is 5.92 Å². The number of carbonyl (C=O) groups is 2. The van der Waals surface area contributed by atoms with Gasteiger partial charge in [0.2, 0.25) is 5.91 Å². The predicted octanol–water partition coefficient (Wildman–Crippen LogP) is 2.38. The van der Waals surface area contributed by atoms with Crippen molar-refractivity contribution in [2.45, 2.75) is 39.3 Å². The van der Waals surface area contributed by atoms with Gasteiger partial charge in [0.1, 0.15) is 6.10 Å². The molecule has 0 fully saturated rings. The summed E-state index contributed by atoms with van der Waals surface area (Å²) in [5.74, 6) is -1.02. The third-order valence-electron chi connectivity index (χ3n) is 3.10. The van der Waals surface area contributed by atoms with E-state index in [-0.39, 0.29) is 0 Å². The van der Waals surface area contributed by atoms with Crippen LogP contribution in [0, 0.1) is 5.92 Å². The average Bonchev–Trinajstić information content (AvgIpc) is 2.44. The van der Waals surface area contributed by atoms with Crippen molar-refractivity contribution < 1.29 is 19.4 Å². The zero-order valence-corrected chi connectivity index (χ0v) is 12.7. The van der Waals surface area contributed by atoms with E-state index in [4.69, 9.17) is 4.74 Å². The lowest BCUT2D eigenvalue weighted by Crippen LogP contribution is -2.40. The van der Waals surface area contributed by atoms with E-state index in [1.54, 1.807) is 37.3 Å². The zero-order valence-electron chi connectivity index (χ0n) is 12.7. The molecule has 0 aliphatic carbocycles. The summed E-state index contributed by atoms with van der Waals surface area (Å²) in [6.45, 7) is 6.25. The summed E-state index contributed by atoms with van der Waals surface area (Å²) < 4.78 is 5.43. The fourth-order valence-corrected chi connectivity index (χ4v) is 1.75. The average molecular weight is 293 g/mol. The minimum atomic E-state index is -1.09. The second-order valence-corrected chi connectivity index (χ2v) is 5.39. The van der Waals surface area contributed by atoms with Crippen molar-refractivity contribution in [1.82, 2.24) is 5.32 Å². The van der Waals surface area contributed by atoms with Crippen LogP contribution < -0.4 is 5.32 Å². The Hall–Kier alpha value is -1.88. The molecule has 5 nitrogen and oxygen atoms in total. The number of benzene rings is 1. The SMILES string of the molecule is CC(C)CCOC(C)C(=O)NC(C(=O)O)c1ccccc1. The maximum Gasteiger partial charge on any atom is 0.330 e. The Morgan fingerprint density at radius 1 is 1.19 bits per heavy atom. The van der Waals surface area contributed by atoms with Crippen molar-refractivity contribution in [2.75, 3.05) is 6.61 Å². The third-order valence-corrected chi connectivity index (χ3v) is 3.10. The molecule has 2 N–H and O–H groups in total. The second kappa shape index (κ2) is 8.42. The Balaban J connectivity index is 2.59. The van der Waals surface area contributed by atoms with Crippen LogP contribution in [0.25, 0.3) is 0 Å². The Morgan fingerprint density at radius 2 is 1.81 bits per heavy atom. The molecule has 0 spiro atoms.